The molecule has 0 saturated carbocycles. The fourth-order valence-corrected chi connectivity index (χ4v) is 2.30. The van der Waals surface area contributed by atoms with Gasteiger partial charge < -0.3 is 5.32 Å². The molecular weight excluding hydrogens is 272 g/mol. The Morgan fingerprint density at radius 3 is 2.55 bits per heavy atom. The number of hydrogen-bond donors (Lipinski definition) is 2. The fourth-order valence-electron chi connectivity index (χ4n) is 1.63. The van der Waals surface area contributed by atoms with E-state index in [2.05, 4.69) is 27.8 Å². The molecule has 0 bridgehead atoms. The summed E-state index contributed by atoms with van der Waals surface area (Å²) in [6.45, 7) is 5.05. The van der Waals surface area contributed by atoms with E-state index in [-0.39, 0.29) is 5.91 Å². The number of rotatable bonds is 6. The van der Waals surface area contributed by atoms with Gasteiger partial charge in [0.1, 0.15) is 5.01 Å². The Labute approximate surface area is 122 Å². The Hall–Kier alpha value is -1.95. The summed E-state index contributed by atoms with van der Waals surface area (Å²) in [6, 6.07) is 7.41. The molecule has 0 aliphatic rings. The smallest absolute Gasteiger partial charge is 0.257 e. The number of anilines is 2. The van der Waals surface area contributed by atoms with E-state index in [0.29, 0.717) is 10.7 Å². The van der Waals surface area contributed by atoms with Crippen molar-refractivity contribution in [1.29, 1.82) is 0 Å². The average Bonchev–Trinajstić information content (AvgIpc) is 2.93. The molecule has 0 unspecified atom stereocenters. The molecule has 6 heteroatoms. The summed E-state index contributed by atoms with van der Waals surface area (Å²) in [5, 5.41) is 15.4. The molecule has 0 saturated heterocycles. The third kappa shape index (κ3) is 3.77. The van der Waals surface area contributed by atoms with E-state index < -0.39 is 0 Å². The molecule has 1 amide bonds. The number of carbonyl (C=O) groups excluding carboxylic acids is 1. The van der Waals surface area contributed by atoms with Crippen LogP contribution in [-0.4, -0.2) is 22.6 Å². The summed E-state index contributed by atoms with van der Waals surface area (Å²) < 4.78 is 0. The Morgan fingerprint density at radius 1 is 1.20 bits per heavy atom. The molecule has 1 heterocycles. The van der Waals surface area contributed by atoms with E-state index in [9.17, 15) is 4.79 Å². The molecule has 2 rings (SSSR count). The standard InChI is InChI=1S/C14H18N4OS/c1-3-9-15-11-7-5-10(6-8-11)13(19)16-14-18-17-12(4-2)20-14/h5-8,15H,3-4,9H2,1-2H3,(H,16,18,19). The van der Waals surface area contributed by atoms with Gasteiger partial charge in [0, 0.05) is 17.8 Å². The zero-order valence-corrected chi connectivity index (χ0v) is 12.5. The van der Waals surface area contributed by atoms with E-state index >= 15 is 0 Å². The summed E-state index contributed by atoms with van der Waals surface area (Å²) in [6.07, 6.45) is 1.89. The maximum atomic E-state index is 12.0. The maximum Gasteiger partial charge on any atom is 0.257 e. The third-order valence-electron chi connectivity index (χ3n) is 2.72. The normalized spacial score (nSPS) is 10.3. The van der Waals surface area contributed by atoms with Crippen LogP contribution in [0.5, 0.6) is 0 Å². The van der Waals surface area contributed by atoms with Gasteiger partial charge in [-0.15, -0.1) is 10.2 Å². The molecule has 0 fully saturated rings. The topological polar surface area (TPSA) is 66.9 Å². The van der Waals surface area contributed by atoms with Crippen LogP contribution in [0.1, 0.15) is 35.6 Å². The second-order valence-electron chi connectivity index (χ2n) is 4.31. The van der Waals surface area contributed by atoms with Crippen LogP contribution in [0.2, 0.25) is 0 Å². The predicted molar refractivity (Wildman–Crippen MR) is 82.5 cm³/mol. The highest BCUT2D eigenvalue weighted by molar-refractivity contribution is 7.15. The number of nitrogens with zero attached hydrogens (tertiary/aromatic N) is 2. The van der Waals surface area contributed by atoms with Gasteiger partial charge in [-0.25, -0.2) is 0 Å². The average molecular weight is 290 g/mol. The first-order chi connectivity index (χ1) is 9.72. The predicted octanol–water partition coefficient (Wildman–Crippen LogP) is 3.17. The van der Waals surface area contributed by atoms with Crippen LogP contribution in [0.3, 0.4) is 0 Å². The molecule has 0 aliphatic carbocycles. The van der Waals surface area contributed by atoms with Crippen molar-refractivity contribution in [2.45, 2.75) is 26.7 Å². The summed E-state index contributed by atoms with van der Waals surface area (Å²) in [4.78, 5) is 12.0. The van der Waals surface area contributed by atoms with Gasteiger partial charge in [-0.1, -0.05) is 25.2 Å². The zero-order valence-electron chi connectivity index (χ0n) is 11.6. The van der Waals surface area contributed by atoms with Crippen molar-refractivity contribution < 1.29 is 4.79 Å². The van der Waals surface area contributed by atoms with E-state index in [1.165, 1.54) is 11.3 Å². The molecule has 2 aromatic rings. The van der Waals surface area contributed by atoms with Crippen LogP contribution < -0.4 is 10.6 Å². The lowest BCUT2D eigenvalue weighted by atomic mass is 10.2. The van der Waals surface area contributed by atoms with Crippen LogP contribution in [0.4, 0.5) is 10.8 Å². The summed E-state index contributed by atoms with van der Waals surface area (Å²) in [5.74, 6) is -0.161. The zero-order chi connectivity index (χ0) is 14.4. The van der Waals surface area contributed by atoms with Gasteiger partial charge in [-0.3, -0.25) is 10.1 Å². The van der Waals surface area contributed by atoms with Crippen LogP contribution in [0.25, 0.3) is 0 Å². The van der Waals surface area contributed by atoms with Crippen molar-refractivity contribution in [3.05, 3.63) is 34.8 Å². The van der Waals surface area contributed by atoms with E-state index in [1.807, 2.05) is 19.1 Å². The SMILES string of the molecule is CCCNc1ccc(C(=O)Nc2nnc(CC)s2)cc1. The molecule has 20 heavy (non-hydrogen) atoms. The largest absolute Gasteiger partial charge is 0.385 e. The number of amides is 1. The van der Waals surface area contributed by atoms with Gasteiger partial charge in [0.15, 0.2) is 0 Å². The van der Waals surface area contributed by atoms with Crippen LogP contribution >= 0.6 is 11.3 Å². The monoisotopic (exact) mass is 290 g/mol. The lowest BCUT2D eigenvalue weighted by Crippen LogP contribution is -2.11. The molecule has 0 radical (unpaired) electrons. The molecule has 0 aliphatic heterocycles. The Bertz CT molecular complexity index is 565. The molecule has 0 atom stereocenters. The van der Waals surface area contributed by atoms with Gasteiger partial charge in [0.25, 0.3) is 5.91 Å². The number of benzene rings is 1. The quantitative estimate of drug-likeness (QED) is 0.857. The number of hydrogen-bond acceptors (Lipinski definition) is 5. The van der Waals surface area contributed by atoms with Crippen molar-refractivity contribution in [3.8, 4) is 0 Å². The Kier molecular flexibility index (Phi) is 5.06. The summed E-state index contributed by atoms with van der Waals surface area (Å²) in [5.41, 5.74) is 1.63. The van der Waals surface area contributed by atoms with Gasteiger partial charge in [0.2, 0.25) is 5.13 Å². The second kappa shape index (κ2) is 7.00. The summed E-state index contributed by atoms with van der Waals surface area (Å²) in [7, 11) is 0. The molecule has 106 valence electrons. The van der Waals surface area contributed by atoms with Crippen molar-refractivity contribution in [1.82, 2.24) is 10.2 Å². The first-order valence-corrected chi connectivity index (χ1v) is 7.52. The Balaban J connectivity index is 1.98. The first kappa shape index (κ1) is 14.5. The van der Waals surface area contributed by atoms with E-state index in [0.717, 1.165) is 30.1 Å². The molecular formula is C14H18N4OS. The number of aromatic nitrogens is 2. The fraction of sp³-hybridized carbons (Fsp3) is 0.357. The second-order valence-corrected chi connectivity index (χ2v) is 5.37. The number of nitrogens with one attached hydrogen (secondary N) is 2. The van der Waals surface area contributed by atoms with Gasteiger partial charge in [0.05, 0.1) is 0 Å². The van der Waals surface area contributed by atoms with E-state index in [1.54, 1.807) is 12.1 Å². The molecule has 0 spiro atoms. The van der Waals surface area contributed by atoms with Crippen LogP contribution in [0.15, 0.2) is 24.3 Å². The van der Waals surface area contributed by atoms with Crippen molar-refractivity contribution in [3.63, 3.8) is 0 Å². The minimum atomic E-state index is -0.161. The maximum absolute atomic E-state index is 12.0. The molecule has 1 aromatic heterocycles. The molecule has 5 nitrogen and oxygen atoms in total. The van der Waals surface area contributed by atoms with Crippen LogP contribution in [0, 0.1) is 0 Å². The minimum absolute atomic E-state index is 0.161. The van der Waals surface area contributed by atoms with Crippen LogP contribution in [-0.2, 0) is 6.42 Å². The van der Waals surface area contributed by atoms with Gasteiger partial charge >= 0.3 is 0 Å². The van der Waals surface area contributed by atoms with Gasteiger partial charge in [-0.05, 0) is 37.1 Å². The minimum Gasteiger partial charge on any atom is -0.385 e. The highest BCUT2D eigenvalue weighted by Crippen LogP contribution is 2.17. The van der Waals surface area contributed by atoms with Crippen molar-refractivity contribution in [2.24, 2.45) is 0 Å². The molecule has 1 aromatic carbocycles. The number of carbonyl (C=O) groups is 1. The highest BCUT2D eigenvalue weighted by Gasteiger charge is 2.09. The first-order valence-electron chi connectivity index (χ1n) is 6.70. The lowest BCUT2D eigenvalue weighted by Gasteiger charge is -2.05. The van der Waals surface area contributed by atoms with Crippen molar-refractivity contribution in [2.75, 3.05) is 17.2 Å². The highest BCUT2D eigenvalue weighted by atomic mass is 32.1. The van der Waals surface area contributed by atoms with E-state index in [4.69, 9.17) is 0 Å². The third-order valence-corrected chi connectivity index (χ3v) is 3.70. The summed E-state index contributed by atoms with van der Waals surface area (Å²) >= 11 is 1.40. The van der Waals surface area contributed by atoms with Gasteiger partial charge in [-0.2, -0.15) is 0 Å². The lowest BCUT2D eigenvalue weighted by molar-refractivity contribution is 0.102. The Morgan fingerprint density at radius 2 is 1.95 bits per heavy atom. The van der Waals surface area contributed by atoms with Crippen molar-refractivity contribution >= 4 is 28.1 Å². The molecule has 2 N–H and O–H groups in total. The number of aryl methyl sites for hydroxylation is 1.